The lowest BCUT2D eigenvalue weighted by Crippen LogP contribution is -2.61. The monoisotopic (exact) mass is 360 g/mol. The molecule has 4 saturated carbocycles. The molecule has 5 N–H and O–H groups in total. The molecule has 0 radical (unpaired) electrons. The summed E-state index contributed by atoms with van der Waals surface area (Å²) < 4.78 is 0. The van der Waals surface area contributed by atoms with Gasteiger partial charge in [0.1, 0.15) is 11.4 Å². The third kappa shape index (κ3) is 2.13. The molecule has 0 unspecified atom stereocenters. The molecular formula is C18H21ClN4O2. The van der Waals surface area contributed by atoms with Gasteiger partial charge >= 0.3 is 0 Å². The molecule has 6 rings (SSSR count). The van der Waals surface area contributed by atoms with Gasteiger partial charge in [-0.3, -0.25) is 4.79 Å². The highest BCUT2D eigenvalue weighted by atomic mass is 35.5. The molecule has 1 amide bonds. The lowest BCUT2D eigenvalue weighted by atomic mass is 9.52. The normalized spacial score (nSPS) is 36.1. The SMILES string of the molecule is NC(=O)c1cnc2[nH]cc(Cl)c2c1N[C@]1(O)[C@@H]2CC3C[C@H](C2)C[C@H]1C3. The molecule has 2 aromatic rings. The zero-order valence-electron chi connectivity index (χ0n) is 13.8. The van der Waals surface area contributed by atoms with Gasteiger partial charge in [-0.2, -0.15) is 0 Å². The average Bonchev–Trinajstić information content (AvgIpc) is 2.94. The van der Waals surface area contributed by atoms with Crippen molar-refractivity contribution in [1.29, 1.82) is 0 Å². The van der Waals surface area contributed by atoms with Crippen LogP contribution in [0.5, 0.6) is 0 Å². The summed E-state index contributed by atoms with van der Waals surface area (Å²) in [6.07, 6.45) is 8.54. The number of nitrogens with two attached hydrogens (primary N) is 1. The minimum atomic E-state index is -1.02. The maximum Gasteiger partial charge on any atom is 0.252 e. The zero-order chi connectivity index (χ0) is 17.3. The van der Waals surface area contributed by atoms with E-state index in [1.807, 2.05) is 0 Å². The highest BCUT2D eigenvalue weighted by molar-refractivity contribution is 6.37. The third-order valence-electron chi connectivity index (χ3n) is 6.63. The van der Waals surface area contributed by atoms with Gasteiger partial charge in [-0.15, -0.1) is 0 Å². The summed E-state index contributed by atoms with van der Waals surface area (Å²) in [5, 5.41) is 16.0. The van der Waals surface area contributed by atoms with Crippen LogP contribution in [-0.2, 0) is 0 Å². The molecule has 0 saturated heterocycles. The number of nitrogens with one attached hydrogen (secondary N) is 2. The minimum Gasteiger partial charge on any atom is -0.370 e. The Morgan fingerprint density at radius 3 is 2.52 bits per heavy atom. The Labute approximate surface area is 150 Å². The number of aromatic amines is 1. The van der Waals surface area contributed by atoms with Gasteiger partial charge in [-0.1, -0.05) is 11.6 Å². The molecule has 0 aromatic carbocycles. The zero-order valence-corrected chi connectivity index (χ0v) is 14.5. The van der Waals surface area contributed by atoms with Crippen molar-refractivity contribution in [3.8, 4) is 0 Å². The number of halogens is 1. The predicted molar refractivity (Wildman–Crippen MR) is 95.2 cm³/mol. The fourth-order valence-corrected chi connectivity index (χ4v) is 5.92. The van der Waals surface area contributed by atoms with Crippen LogP contribution in [-0.4, -0.2) is 26.7 Å². The van der Waals surface area contributed by atoms with Gasteiger partial charge in [0.25, 0.3) is 5.91 Å². The second kappa shape index (κ2) is 5.11. The molecule has 0 spiro atoms. The first kappa shape index (κ1) is 15.5. The maximum atomic E-state index is 12.0. The third-order valence-corrected chi connectivity index (χ3v) is 6.92. The van der Waals surface area contributed by atoms with Crippen LogP contribution in [0.1, 0.15) is 42.5 Å². The molecule has 0 atom stereocenters. The number of aliphatic hydroxyl groups is 1. The number of rotatable bonds is 3. The number of aromatic nitrogens is 2. The Morgan fingerprint density at radius 2 is 1.92 bits per heavy atom. The van der Waals surface area contributed by atoms with E-state index >= 15 is 0 Å². The first-order valence-corrected chi connectivity index (χ1v) is 9.29. The van der Waals surface area contributed by atoms with Crippen molar-refractivity contribution in [1.82, 2.24) is 9.97 Å². The molecule has 4 fully saturated rings. The number of carbonyl (C=O) groups excluding carboxylic acids is 1. The number of primary amides is 1. The largest absolute Gasteiger partial charge is 0.370 e. The van der Waals surface area contributed by atoms with E-state index in [4.69, 9.17) is 17.3 Å². The van der Waals surface area contributed by atoms with E-state index in [0.717, 1.165) is 37.5 Å². The second-order valence-corrected chi connectivity index (χ2v) is 8.43. The summed E-state index contributed by atoms with van der Waals surface area (Å²) in [4.78, 5) is 19.2. The van der Waals surface area contributed by atoms with Crippen LogP contribution in [0.25, 0.3) is 11.0 Å². The van der Waals surface area contributed by atoms with Crippen LogP contribution in [0.4, 0.5) is 5.69 Å². The summed E-state index contributed by atoms with van der Waals surface area (Å²) in [5.74, 6) is 1.28. The number of fused-ring (bicyclic) bond motifs is 1. The Bertz CT molecular complexity index is 849. The number of carbonyl (C=O) groups is 1. The van der Waals surface area contributed by atoms with Crippen molar-refractivity contribution < 1.29 is 9.90 Å². The lowest BCUT2D eigenvalue weighted by molar-refractivity contribution is -0.154. The number of pyridine rings is 1. The summed E-state index contributed by atoms with van der Waals surface area (Å²) >= 11 is 6.32. The van der Waals surface area contributed by atoms with Gasteiger partial charge in [-0.05, 0) is 43.9 Å². The fourth-order valence-electron chi connectivity index (χ4n) is 5.68. The Hall–Kier alpha value is -1.79. The van der Waals surface area contributed by atoms with Crippen molar-refractivity contribution in [2.45, 2.75) is 37.8 Å². The van der Waals surface area contributed by atoms with Crippen LogP contribution in [0.2, 0.25) is 5.02 Å². The average molecular weight is 361 g/mol. The topological polar surface area (TPSA) is 104 Å². The Balaban J connectivity index is 1.63. The molecule has 4 aliphatic carbocycles. The number of amides is 1. The summed E-state index contributed by atoms with van der Waals surface area (Å²) in [6.45, 7) is 0. The Morgan fingerprint density at radius 1 is 1.28 bits per heavy atom. The van der Waals surface area contributed by atoms with Crippen LogP contribution in [0.15, 0.2) is 12.4 Å². The van der Waals surface area contributed by atoms with Crippen molar-refractivity contribution in [3.63, 3.8) is 0 Å². The minimum absolute atomic E-state index is 0.199. The molecule has 2 aromatic heterocycles. The van der Waals surface area contributed by atoms with Crippen LogP contribution in [0, 0.1) is 23.7 Å². The lowest BCUT2D eigenvalue weighted by Gasteiger charge is -2.59. The van der Waals surface area contributed by atoms with E-state index in [1.165, 1.54) is 12.6 Å². The molecule has 25 heavy (non-hydrogen) atoms. The molecule has 0 aliphatic heterocycles. The molecule has 4 bridgehead atoms. The first-order valence-electron chi connectivity index (χ1n) is 8.91. The van der Waals surface area contributed by atoms with E-state index < -0.39 is 11.6 Å². The smallest absolute Gasteiger partial charge is 0.252 e. The summed E-state index contributed by atoms with van der Waals surface area (Å²) in [6, 6.07) is 0. The Kier molecular flexibility index (Phi) is 3.16. The van der Waals surface area contributed by atoms with Crippen molar-refractivity contribution in [2.24, 2.45) is 29.4 Å². The number of hydrogen-bond acceptors (Lipinski definition) is 4. The van der Waals surface area contributed by atoms with Gasteiger partial charge in [0, 0.05) is 24.2 Å². The van der Waals surface area contributed by atoms with E-state index in [9.17, 15) is 9.90 Å². The van der Waals surface area contributed by atoms with Crippen molar-refractivity contribution in [3.05, 3.63) is 23.0 Å². The van der Waals surface area contributed by atoms with Crippen molar-refractivity contribution in [2.75, 3.05) is 5.32 Å². The van der Waals surface area contributed by atoms with Crippen LogP contribution >= 0.6 is 11.6 Å². The molecular weight excluding hydrogens is 340 g/mol. The van der Waals surface area contributed by atoms with Gasteiger partial charge in [0.2, 0.25) is 0 Å². The van der Waals surface area contributed by atoms with E-state index in [0.29, 0.717) is 21.7 Å². The maximum absolute atomic E-state index is 12.0. The molecule has 132 valence electrons. The predicted octanol–water partition coefficient (Wildman–Crippen LogP) is 2.87. The number of nitrogens with zero attached hydrogens (tertiary/aromatic N) is 1. The number of H-pyrrole nitrogens is 1. The van der Waals surface area contributed by atoms with E-state index in [-0.39, 0.29) is 17.4 Å². The molecule has 6 nitrogen and oxygen atoms in total. The second-order valence-electron chi connectivity index (χ2n) is 8.03. The molecule has 2 heterocycles. The molecule has 4 aliphatic rings. The van der Waals surface area contributed by atoms with Gasteiger partial charge in [0.05, 0.1) is 21.7 Å². The van der Waals surface area contributed by atoms with Gasteiger partial charge in [-0.25, -0.2) is 4.98 Å². The standard InChI is InChI=1S/C18H21ClN4O2/c19-13-7-22-17-14(13)15(12(6-21-17)16(20)24)23-18(25)10-2-8-1-9(4-10)5-11(18)3-8/h6-11,25H,1-5H2,(H2,20,24)(H2,21,22,23)/t8-,9?,10-,11-,18+/m0/s1. The summed E-state index contributed by atoms with van der Waals surface area (Å²) in [7, 11) is 0. The highest BCUT2D eigenvalue weighted by Gasteiger charge is 2.57. The van der Waals surface area contributed by atoms with Crippen LogP contribution < -0.4 is 11.1 Å². The quantitative estimate of drug-likeness (QED) is 0.632. The number of anilines is 1. The van der Waals surface area contributed by atoms with E-state index in [1.54, 1.807) is 6.20 Å². The van der Waals surface area contributed by atoms with Gasteiger partial charge in [0.15, 0.2) is 0 Å². The van der Waals surface area contributed by atoms with Crippen molar-refractivity contribution >= 4 is 34.2 Å². The first-order chi connectivity index (χ1) is 12.0. The van der Waals surface area contributed by atoms with E-state index in [2.05, 4.69) is 15.3 Å². The number of hydrogen-bond donors (Lipinski definition) is 4. The highest BCUT2D eigenvalue weighted by Crippen LogP contribution is 2.58. The summed E-state index contributed by atoms with van der Waals surface area (Å²) in [5.41, 5.74) is 5.88. The molecule has 7 heteroatoms. The van der Waals surface area contributed by atoms with Crippen LogP contribution in [0.3, 0.4) is 0 Å². The van der Waals surface area contributed by atoms with Gasteiger partial charge < -0.3 is 21.1 Å². The fraction of sp³-hybridized carbons (Fsp3) is 0.556.